The van der Waals surface area contributed by atoms with Gasteiger partial charge in [0.2, 0.25) is 0 Å². The third-order valence-electron chi connectivity index (χ3n) is 3.90. The summed E-state index contributed by atoms with van der Waals surface area (Å²) in [5.41, 5.74) is 4.82. The minimum absolute atomic E-state index is 0.980. The Labute approximate surface area is 116 Å². The molecule has 2 heterocycles. The van der Waals surface area contributed by atoms with E-state index in [1.54, 1.807) is 6.20 Å². The molecule has 1 N–H and O–H groups in total. The van der Waals surface area contributed by atoms with E-state index in [0.29, 0.717) is 0 Å². The van der Waals surface area contributed by atoms with Crippen molar-refractivity contribution < 1.29 is 0 Å². The van der Waals surface area contributed by atoms with Crippen LogP contribution in [0.25, 0.3) is 33.1 Å². The van der Waals surface area contributed by atoms with Crippen molar-refractivity contribution in [2.75, 3.05) is 0 Å². The minimum atomic E-state index is 0.980. The summed E-state index contributed by atoms with van der Waals surface area (Å²) < 4.78 is 2.36. The van der Waals surface area contributed by atoms with E-state index in [1.807, 2.05) is 6.07 Å². The van der Waals surface area contributed by atoms with Crippen LogP contribution in [0.15, 0.2) is 54.7 Å². The molecule has 0 saturated heterocycles. The van der Waals surface area contributed by atoms with E-state index < -0.39 is 0 Å². The summed E-state index contributed by atoms with van der Waals surface area (Å²) in [6.07, 6.45) is 1.79. The fraction of sp³-hybridized carbons (Fsp3) is 0.118. The molecule has 3 heteroatoms. The van der Waals surface area contributed by atoms with Crippen molar-refractivity contribution in [3.05, 3.63) is 54.7 Å². The van der Waals surface area contributed by atoms with Gasteiger partial charge in [-0.2, -0.15) is 5.10 Å². The fourth-order valence-corrected chi connectivity index (χ4v) is 2.98. The van der Waals surface area contributed by atoms with Crippen LogP contribution in [0.4, 0.5) is 0 Å². The highest BCUT2D eigenvalue weighted by atomic mass is 15.1. The van der Waals surface area contributed by atoms with Gasteiger partial charge >= 0.3 is 0 Å². The smallest absolute Gasteiger partial charge is 0.0650 e. The lowest BCUT2D eigenvalue weighted by Gasteiger charge is -2.03. The molecule has 0 aliphatic rings. The van der Waals surface area contributed by atoms with E-state index >= 15 is 0 Å². The highest BCUT2D eigenvalue weighted by molar-refractivity contribution is 6.09. The number of fused-ring (bicyclic) bond motifs is 3. The lowest BCUT2D eigenvalue weighted by Crippen LogP contribution is -1.92. The van der Waals surface area contributed by atoms with Crippen LogP contribution >= 0.6 is 0 Å². The molecule has 20 heavy (non-hydrogen) atoms. The number of rotatable bonds is 2. The number of H-pyrrole nitrogens is 1. The number of nitrogens with zero attached hydrogens (tertiary/aromatic N) is 2. The molecule has 0 aliphatic carbocycles. The zero-order valence-corrected chi connectivity index (χ0v) is 11.3. The Morgan fingerprint density at radius 3 is 2.65 bits per heavy atom. The molecule has 2 aromatic heterocycles. The Hall–Kier alpha value is -2.55. The highest BCUT2D eigenvalue weighted by Gasteiger charge is 2.10. The standard InChI is InChI=1S/C17H15N3/c1-2-20-16-6-4-3-5-13(16)14-11-12(7-8-17(14)20)15-9-10-18-19-15/h3-11H,2H2,1H3,(H,18,19). The second-order valence-corrected chi connectivity index (χ2v) is 4.96. The Morgan fingerprint density at radius 2 is 1.85 bits per heavy atom. The summed E-state index contributed by atoms with van der Waals surface area (Å²) in [4.78, 5) is 0. The molecule has 0 bridgehead atoms. The van der Waals surface area contributed by atoms with E-state index in [1.165, 1.54) is 27.4 Å². The van der Waals surface area contributed by atoms with Crippen molar-refractivity contribution in [2.24, 2.45) is 0 Å². The highest BCUT2D eigenvalue weighted by Crippen LogP contribution is 2.31. The monoisotopic (exact) mass is 261 g/mol. The van der Waals surface area contributed by atoms with Crippen LogP contribution in [0.5, 0.6) is 0 Å². The average molecular weight is 261 g/mol. The molecule has 0 unspecified atom stereocenters. The normalized spacial score (nSPS) is 11.4. The van der Waals surface area contributed by atoms with Crippen molar-refractivity contribution in [1.82, 2.24) is 14.8 Å². The molecule has 2 aromatic carbocycles. The van der Waals surface area contributed by atoms with E-state index in [4.69, 9.17) is 0 Å². The van der Waals surface area contributed by atoms with Gasteiger partial charge in [-0.05, 0) is 31.2 Å². The first-order valence-corrected chi connectivity index (χ1v) is 6.89. The number of nitrogens with one attached hydrogen (secondary N) is 1. The van der Waals surface area contributed by atoms with Crippen molar-refractivity contribution in [2.45, 2.75) is 13.5 Å². The van der Waals surface area contributed by atoms with Crippen molar-refractivity contribution in [1.29, 1.82) is 0 Å². The fourth-order valence-electron chi connectivity index (χ4n) is 2.98. The summed E-state index contributed by atoms with van der Waals surface area (Å²) >= 11 is 0. The largest absolute Gasteiger partial charge is 0.341 e. The topological polar surface area (TPSA) is 33.6 Å². The number of aryl methyl sites for hydroxylation is 1. The number of aromatic amines is 1. The number of para-hydroxylation sites is 1. The maximum absolute atomic E-state index is 4.03. The molecule has 0 aliphatic heterocycles. The van der Waals surface area contributed by atoms with Crippen molar-refractivity contribution in [3.8, 4) is 11.3 Å². The average Bonchev–Trinajstić information content (AvgIpc) is 3.12. The van der Waals surface area contributed by atoms with Gasteiger partial charge in [0, 0.05) is 40.1 Å². The molecule has 0 radical (unpaired) electrons. The molecular weight excluding hydrogens is 246 g/mol. The molecule has 0 saturated carbocycles. The lowest BCUT2D eigenvalue weighted by molar-refractivity contribution is 0.827. The van der Waals surface area contributed by atoms with Crippen LogP contribution < -0.4 is 0 Å². The third-order valence-corrected chi connectivity index (χ3v) is 3.90. The number of aromatic nitrogens is 3. The van der Waals surface area contributed by atoms with Crippen LogP contribution in [-0.2, 0) is 6.54 Å². The number of hydrogen-bond acceptors (Lipinski definition) is 1. The summed E-state index contributed by atoms with van der Waals surface area (Å²) in [5.74, 6) is 0. The van der Waals surface area contributed by atoms with Gasteiger partial charge in [-0.25, -0.2) is 0 Å². The molecule has 4 rings (SSSR count). The second-order valence-electron chi connectivity index (χ2n) is 4.96. The van der Waals surface area contributed by atoms with E-state index in [9.17, 15) is 0 Å². The second kappa shape index (κ2) is 4.23. The first-order chi connectivity index (χ1) is 9.88. The summed E-state index contributed by atoms with van der Waals surface area (Å²) in [6, 6.07) is 17.2. The van der Waals surface area contributed by atoms with Crippen LogP contribution in [-0.4, -0.2) is 14.8 Å². The third kappa shape index (κ3) is 1.50. The summed E-state index contributed by atoms with van der Waals surface area (Å²) in [6.45, 7) is 3.17. The van der Waals surface area contributed by atoms with E-state index in [0.717, 1.165) is 12.2 Å². The quantitative estimate of drug-likeness (QED) is 0.576. The van der Waals surface area contributed by atoms with Crippen molar-refractivity contribution in [3.63, 3.8) is 0 Å². The van der Waals surface area contributed by atoms with E-state index in [-0.39, 0.29) is 0 Å². The number of benzene rings is 2. The molecule has 0 spiro atoms. The Balaban J connectivity index is 2.10. The summed E-state index contributed by atoms with van der Waals surface area (Å²) in [7, 11) is 0. The number of hydrogen-bond donors (Lipinski definition) is 1. The molecule has 0 amide bonds. The van der Waals surface area contributed by atoms with Crippen LogP contribution in [0.1, 0.15) is 6.92 Å². The van der Waals surface area contributed by atoms with Gasteiger partial charge < -0.3 is 4.57 Å². The Kier molecular flexibility index (Phi) is 2.39. The van der Waals surface area contributed by atoms with Crippen molar-refractivity contribution >= 4 is 21.8 Å². The lowest BCUT2D eigenvalue weighted by atomic mass is 10.1. The Morgan fingerprint density at radius 1 is 1.00 bits per heavy atom. The first-order valence-electron chi connectivity index (χ1n) is 6.89. The molecular formula is C17H15N3. The van der Waals surface area contributed by atoms with Crippen LogP contribution in [0, 0.1) is 0 Å². The zero-order valence-electron chi connectivity index (χ0n) is 11.3. The van der Waals surface area contributed by atoms with E-state index in [2.05, 4.69) is 64.2 Å². The van der Waals surface area contributed by atoms with Gasteiger partial charge in [-0.3, -0.25) is 5.10 Å². The van der Waals surface area contributed by atoms with Gasteiger partial charge in [-0.15, -0.1) is 0 Å². The molecule has 3 nitrogen and oxygen atoms in total. The molecule has 4 aromatic rings. The van der Waals surface area contributed by atoms with Gasteiger partial charge in [0.1, 0.15) is 0 Å². The SMILES string of the molecule is CCn1c2ccccc2c2cc(-c3ccn[nH]3)ccc21. The zero-order chi connectivity index (χ0) is 13.5. The van der Waals surface area contributed by atoms with Gasteiger partial charge in [0.25, 0.3) is 0 Å². The Bertz CT molecular complexity index is 885. The molecule has 98 valence electrons. The maximum Gasteiger partial charge on any atom is 0.0650 e. The summed E-state index contributed by atoms with van der Waals surface area (Å²) in [5, 5.41) is 9.67. The minimum Gasteiger partial charge on any atom is -0.341 e. The van der Waals surface area contributed by atoms with Crippen LogP contribution in [0.3, 0.4) is 0 Å². The maximum atomic E-state index is 4.03. The van der Waals surface area contributed by atoms with Crippen LogP contribution in [0.2, 0.25) is 0 Å². The van der Waals surface area contributed by atoms with Gasteiger partial charge in [0.05, 0.1) is 5.69 Å². The van der Waals surface area contributed by atoms with Gasteiger partial charge in [0.15, 0.2) is 0 Å². The molecule has 0 atom stereocenters. The molecule has 0 fully saturated rings. The predicted molar refractivity (Wildman–Crippen MR) is 82.7 cm³/mol. The first kappa shape index (κ1) is 11.3. The predicted octanol–water partition coefficient (Wildman–Crippen LogP) is 4.20. The van der Waals surface area contributed by atoms with Gasteiger partial charge in [-0.1, -0.05) is 24.3 Å².